The van der Waals surface area contributed by atoms with Gasteiger partial charge in [-0.15, -0.1) is 0 Å². The lowest BCUT2D eigenvalue weighted by molar-refractivity contribution is -0.131. The maximum atomic E-state index is 11.7. The number of carbonyl (C=O) groups excluding carboxylic acids is 1. The first-order valence-corrected chi connectivity index (χ1v) is 6.25. The topological polar surface area (TPSA) is 47.6 Å². The molecule has 1 aliphatic heterocycles. The number of benzene rings is 1. The summed E-state index contributed by atoms with van der Waals surface area (Å²) in [5.41, 5.74) is 0. The van der Waals surface area contributed by atoms with E-state index in [0.29, 0.717) is 19.0 Å². The van der Waals surface area contributed by atoms with E-state index in [0.717, 1.165) is 4.47 Å². The summed E-state index contributed by atoms with van der Waals surface area (Å²) in [5, 5.41) is 2.85. The first-order chi connectivity index (χ1) is 8.15. The Bertz CT molecular complexity index is 389. The predicted octanol–water partition coefficient (Wildman–Crippen LogP) is 1.73. The summed E-state index contributed by atoms with van der Waals surface area (Å²) >= 11 is 3.34. The van der Waals surface area contributed by atoms with E-state index in [9.17, 15) is 4.79 Å². The van der Waals surface area contributed by atoms with E-state index in [1.807, 2.05) is 24.3 Å². The van der Waals surface area contributed by atoms with Crippen LogP contribution in [0.4, 0.5) is 0 Å². The molecular formula is C12H14BrNO3. The van der Waals surface area contributed by atoms with E-state index in [1.165, 1.54) is 0 Å². The van der Waals surface area contributed by atoms with Gasteiger partial charge in [0.25, 0.3) is 5.91 Å². The van der Waals surface area contributed by atoms with Crippen molar-refractivity contribution in [3.63, 3.8) is 0 Å². The highest BCUT2D eigenvalue weighted by Crippen LogP contribution is 2.17. The van der Waals surface area contributed by atoms with Crippen LogP contribution in [0.15, 0.2) is 28.7 Å². The van der Waals surface area contributed by atoms with Crippen molar-refractivity contribution < 1.29 is 14.3 Å². The highest BCUT2D eigenvalue weighted by atomic mass is 79.9. The molecule has 1 atom stereocenters. The Balaban J connectivity index is 1.84. The van der Waals surface area contributed by atoms with Gasteiger partial charge in [0.15, 0.2) is 6.10 Å². The highest BCUT2D eigenvalue weighted by Gasteiger charge is 2.23. The number of rotatable bonds is 4. The molecule has 1 aromatic carbocycles. The Hall–Kier alpha value is -1.07. The molecule has 2 rings (SSSR count). The number of amides is 1. The number of halogens is 1. The largest absolute Gasteiger partial charge is 0.481 e. The van der Waals surface area contributed by atoms with Crippen molar-refractivity contribution in [3.05, 3.63) is 28.7 Å². The normalized spacial score (nSPS) is 17.1. The Morgan fingerprint density at radius 1 is 1.47 bits per heavy atom. The molecule has 17 heavy (non-hydrogen) atoms. The molecule has 5 heteroatoms. The van der Waals surface area contributed by atoms with E-state index in [2.05, 4.69) is 21.2 Å². The Morgan fingerprint density at radius 2 is 2.12 bits per heavy atom. The van der Waals surface area contributed by atoms with Crippen molar-refractivity contribution in [1.29, 1.82) is 0 Å². The van der Waals surface area contributed by atoms with Crippen LogP contribution in [0.2, 0.25) is 0 Å². The quantitative estimate of drug-likeness (QED) is 0.921. The monoisotopic (exact) mass is 299 g/mol. The van der Waals surface area contributed by atoms with Gasteiger partial charge in [-0.1, -0.05) is 15.9 Å². The maximum absolute atomic E-state index is 11.7. The Morgan fingerprint density at radius 3 is 2.65 bits per heavy atom. The smallest absolute Gasteiger partial charge is 0.261 e. The van der Waals surface area contributed by atoms with E-state index >= 15 is 0 Å². The summed E-state index contributed by atoms with van der Waals surface area (Å²) in [6, 6.07) is 7.53. The zero-order valence-corrected chi connectivity index (χ0v) is 11.1. The van der Waals surface area contributed by atoms with Gasteiger partial charge in [-0.3, -0.25) is 4.79 Å². The van der Waals surface area contributed by atoms with Crippen LogP contribution >= 0.6 is 15.9 Å². The lowest BCUT2D eigenvalue weighted by Crippen LogP contribution is -2.51. The van der Waals surface area contributed by atoms with Gasteiger partial charge in [-0.2, -0.15) is 0 Å². The number of hydrogen-bond acceptors (Lipinski definition) is 3. The average molecular weight is 300 g/mol. The first-order valence-electron chi connectivity index (χ1n) is 5.45. The molecule has 1 fully saturated rings. The molecule has 0 radical (unpaired) electrons. The second-order valence-electron chi connectivity index (χ2n) is 3.96. The molecule has 1 amide bonds. The molecule has 1 heterocycles. The fourth-order valence-electron chi connectivity index (χ4n) is 1.41. The fourth-order valence-corrected chi connectivity index (χ4v) is 1.67. The highest BCUT2D eigenvalue weighted by molar-refractivity contribution is 9.10. The van der Waals surface area contributed by atoms with E-state index in [4.69, 9.17) is 9.47 Å². The summed E-state index contributed by atoms with van der Waals surface area (Å²) in [5.74, 6) is 0.571. The van der Waals surface area contributed by atoms with Crippen LogP contribution in [-0.4, -0.2) is 31.3 Å². The summed E-state index contributed by atoms with van der Waals surface area (Å²) in [6.07, 6.45) is -0.503. The molecule has 0 saturated carbocycles. The lowest BCUT2D eigenvalue weighted by Gasteiger charge is -2.28. The van der Waals surface area contributed by atoms with Crippen LogP contribution in [0.5, 0.6) is 5.75 Å². The van der Waals surface area contributed by atoms with Crippen molar-refractivity contribution in [2.45, 2.75) is 19.1 Å². The Labute approximate surface area is 108 Å². The summed E-state index contributed by atoms with van der Waals surface area (Å²) in [7, 11) is 0. The van der Waals surface area contributed by atoms with Gasteiger partial charge in [-0.05, 0) is 31.2 Å². The van der Waals surface area contributed by atoms with E-state index in [-0.39, 0.29) is 11.9 Å². The van der Waals surface area contributed by atoms with Crippen molar-refractivity contribution >= 4 is 21.8 Å². The number of hydrogen-bond donors (Lipinski definition) is 1. The maximum Gasteiger partial charge on any atom is 0.261 e. The summed E-state index contributed by atoms with van der Waals surface area (Å²) in [4.78, 5) is 11.7. The van der Waals surface area contributed by atoms with Crippen molar-refractivity contribution in [2.24, 2.45) is 0 Å². The standard InChI is InChI=1S/C12H14BrNO3/c1-8(12(15)14-10-6-16-7-10)17-11-4-2-9(13)3-5-11/h2-5,8,10H,6-7H2,1H3,(H,14,15). The third kappa shape index (κ3) is 3.44. The van der Waals surface area contributed by atoms with Gasteiger partial charge < -0.3 is 14.8 Å². The minimum atomic E-state index is -0.503. The molecule has 92 valence electrons. The molecule has 0 aliphatic carbocycles. The Kier molecular flexibility index (Phi) is 4.02. The number of nitrogens with one attached hydrogen (secondary N) is 1. The van der Waals surface area contributed by atoms with Crippen molar-refractivity contribution in [1.82, 2.24) is 5.32 Å². The summed E-state index contributed by atoms with van der Waals surface area (Å²) < 4.78 is 11.5. The van der Waals surface area contributed by atoms with Gasteiger partial charge in [0.05, 0.1) is 19.3 Å². The molecule has 1 N–H and O–H groups in total. The third-order valence-corrected chi connectivity index (χ3v) is 3.01. The minimum absolute atomic E-state index is 0.110. The van der Waals surface area contributed by atoms with Gasteiger partial charge >= 0.3 is 0 Å². The lowest BCUT2D eigenvalue weighted by atomic mass is 10.2. The van der Waals surface area contributed by atoms with Gasteiger partial charge in [0.2, 0.25) is 0 Å². The van der Waals surface area contributed by atoms with Crippen LogP contribution in [0.3, 0.4) is 0 Å². The predicted molar refractivity (Wildman–Crippen MR) is 67.0 cm³/mol. The molecule has 0 aromatic heterocycles. The van der Waals surface area contributed by atoms with Crippen LogP contribution in [0.1, 0.15) is 6.92 Å². The van der Waals surface area contributed by atoms with E-state index in [1.54, 1.807) is 6.92 Å². The molecule has 1 aliphatic rings. The van der Waals surface area contributed by atoms with Crippen molar-refractivity contribution in [3.8, 4) is 5.75 Å². The van der Waals surface area contributed by atoms with Crippen LogP contribution in [-0.2, 0) is 9.53 Å². The number of carbonyl (C=O) groups is 1. The van der Waals surface area contributed by atoms with Gasteiger partial charge in [0, 0.05) is 4.47 Å². The van der Waals surface area contributed by atoms with Gasteiger partial charge in [0.1, 0.15) is 5.75 Å². The van der Waals surface area contributed by atoms with E-state index < -0.39 is 6.10 Å². The van der Waals surface area contributed by atoms with Crippen LogP contribution < -0.4 is 10.1 Å². The second kappa shape index (κ2) is 5.51. The van der Waals surface area contributed by atoms with Gasteiger partial charge in [-0.25, -0.2) is 0 Å². The second-order valence-corrected chi connectivity index (χ2v) is 4.87. The number of ether oxygens (including phenoxy) is 2. The molecule has 1 saturated heterocycles. The molecule has 4 nitrogen and oxygen atoms in total. The fraction of sp³-hybridized carbons (Fsp3) is 0.417. The minimum Gasteiger partial charge on any atom is -0.481 e. The molecule has 0 spiro atoms. The molecular weight excluding hydrogens is 286 g/mol. The molecule has 1 unspecified atom stereocenters. The molecule has 0 bridgehead atoms. The zero-order valence-electron chi connectivity index (χ0n) is 9.48. The SMILES string of the molecule is CC(Oc1ccc(Br)cc1)C(=O)NC1COC1. The van der Waals surface area contributed by atoms with Crippen LogP contribution in [0, 0.1) is 0 Å². The summed E-state index contributed by atoms with van der Waals surface area (Å²) in [6.45, 7) is 2.92. The first kappa shape index (κ1) is 12.4. The van der Waals surface area contributed by atoms with Crippen molar-refractivity contribution in [2.75, 3.05) is 13.2 Å². The van der Waals surface area contributed by atoms with Crippen LogP contribution in [0.25, 0.3) is 0 Å². The zero-order chi connectivity index (χ0) is 12.3. The molecule has 1 aromatic rings. The third-order valence-electron chi connectivity index (χ3n) is 2.48. The average Bonchev–Trinajstić information content (AvgIpc) is 2.26.